The van der Waals surface area contributed by atoms with Gasteiger partial charge in [0.05, 0.1) is 0 Å². The van der Waals surface area contributed by atoms with Crippen LogP contribution in [0, 0.1) is 29.4 Å². The van der Waals surface area contributed by atoms with Gasteiger partial charge in [0.15, 0.2) is 11.6 Å². The largest absolute Gasteiger partial charge is 0.204 e. The Morgan fingerprint density at radius 1 is 1.08 bits per heavy atom. The van der Waals surface area contributed by atoms with Crippen LogP contribution in [0.4, 0.5) is 8.78 Å². The highest BCUT2D eigenvalue weighted by molar-refractivity contribution is 5.75. The summed E-state index contributed by atoms with van der Waals surface area (Å²) in [5, 5.41) is 0. The van der Waals surface area contributed by atoms with Crippen molar-refractivity contribution in [3.8, 4) is 0 Å². The van der Waals surface area contributed by atoms with E-state index in [9.17, 15) is 8.78 Å². The van der Waals surface area contributed by atoms with Crippen LogP contribution >= 0.6 is 0 Å². The predicted octanol–water partition coefficient (Wildman–Crippen LogP) is 6.92. The molecule has 2 aliphatic rings. The van der Waals surface area contributed by atoms with Crippen LogP contribution in [0.1, 0.15) is 63.9 Å². The molecule has 0 spiro atoms. The molecule has 1 saturated carbocycles. The molecular weight excluding hydrogens is 302 g/mol. The van der Waals surface area contributed by atoms with Gasteiger partial charge in [0.2, 0.25) is 0 Å². The molecule has 0 heterocycles. The fourth-order valence-electron chi connectivity index (χ4n) is 4.31. The molecule has 0 radical (unpaired) electrons. The highest BCUT2D eigenvalue weighted by atomic mass is 19.2. The summed E-state index contributed by atoms with van der Waals surface area (Å²) in [4.78, 5) is 0. The number of rotatable bonds is 5. The van der Waals surface area contributed by atoms with Gasteiger partial charge in [-0.1, -0.05) is 69.4 Å². The van der Waals surface area contributed by atoms with Gasteiger partial charge in [-0.25, -0.2) is 8.78 Å². The van der Waals surface area contributed by atoms with Crippen molar-refractivity contribution in [2.24, 2.45) is 17.8 Å². The highest BCUT2D eigenvalue weighted by Crippen LogP contribution is 2.39. The molecule has 0 N–H and O–H groups in total. The van der Waals surface area contributed by atoms with E-state index in [1.807, 2.05) is 6.08 Å². The molecule has 0 amide bonds. The topological polar surface area (TPSA) is 0 Å². The normalized spacial score (nSPS) is 27.1. The number of allylic oxidation sites excluding steroid dienone is 4. The molecule has 130 valence electrons. The molecule has 1 unspecified atom stereocenters. The van der Waals surface area contributed by atoms with Gasteiger partial charge in [-0.3, -0.25) is 0 Å². The molecule has 2 heteroatoms. The number of hydrogen-bond donors (Lipinski definition) is 0. The summed E-state index contributed by atoms with van der Waals surface area (Å²) in [7, 11) is 0. The zero-order valence-corrected chi connectivity index (χ0v) is 14.6. The molecule has 0 nitrogen and oxygen atoms in total. The average Bonchev–Trinajstić information content (AvgIpc) is 2.63. The van der Waals surface area contributed by atoms with Crippen molar-refractivity contribution in [3.63, 3.8) is 0 Å². The zero-order chi connectivity index (χ0) is 16.9. The summed E-state index contributed by atoms with van der Waals surface area (Å²) >= 11 is 0. The Hall–Kier alpha value is -1.44. The van der Waals surface area contributed by atoms with Crippen molar-refractivity contribution in [2.75, 3.05) is 0 Å². The molecule has 24 heavy (non-hydrogen) atoms. The molecule has 0 saturated heterocycles. The summed E-state index contributed by atoms with van der Waals surface area (Å²) in [6.45, 7) is 2.27. The lowest BCUT2D eigenvalue weighted by Crippen LogP contribution is -2.21. The van der Waals surface area contributed by atoms with Gasteiger partial charge < -0.3 is 0 Å². The monoisotopic (exact) mass is 330 g/mol. The van der Waals surface area contributed by atoms with Crippen LogP contribution < -0.4 is 0 Å². The Bertz CT molecular complexity index is 606. The highest BCUT2D eigenvalue weighted by Gasteiger charge is 2.27. The number of halogens is 2. The van der Waals surface area contributed by atoms with Gasteiger partial charge in [0, 0.05) is 5.56 Å². The molecule has 3 rings (SSSR count). The third-order valence-corrected chi connectivity index (χ3v) is 5.86. The first kappa shape index (κ1) is 17.4. The van der Waals surface area contributed by atoms with Crippen molar-refractivity contribution in [1.82, 2.24) is 0 Å². The number of hydrogen-bond acceptors (Lipinski definition) is 0. The Balaban J connectivity index is 1.57. The Morgan fingerprint density at radius 2 is 1.88 bits per heavy atom. The molecule has 2 aliphatic carbocycles. The minimum atomic E-state index is -0.769. The first-order valence-electron chi connectivity index (χ1n) is 9.51. The van der Waals surface area contributed by atoms with Crippen molar-refractivity contribution in [1.29, 1.82) is 0 Å². The van der Waals surface area contributed by atoms with E-state index in [-0.39, 0.29) is 0 Å². The van der Waals surface area contributed by atoms with E-state index in [2.05, 4.69) is 19.1 Å². The van der Waals surface area contributed by atoms with Gasteiger partial charge in [0.1, 0.15) is 0 Å². The second kappa shape index (κ2) is 8.09. The summed E-state index contributed by atoms with van der Waals surface area (Å²) < 4.78 is 27.3. The lowest BCUT2D eigenvalue weighted by atomic mass is 9.72. The van der Waals surface area contributed by atoms with E-state index >= 15 is 0 Å². The second-order valence-electron chi connectivity index (χ2n) is 7.44. The van der Waals surface area contributed by atoms with Crippen LogP contribution in [-0.2, 0) is 0 Å². The van der Waals surface area contributed by atoms with Crippen molar-refractivity contribution >= 4 is 5.57 Å². The molecule has 0 bridgehead atoms. The van der Waals surface area contributed by atoms with Crippen molar-refractivity contribution in [2.45, 2.75) is 58.3 Å². The van der Waals surface area contributed by atoms with Gasteiger partial charge in [0.25, 0.3) is 0 Å². The van der Waals surface area contributed by atoms with E-state index in [0.29, 0.717) is 11.5 Å². The van der Waals surface area contributed by atoms with Gasteiger partial charge in [-0.15, -0.1) is 0 Å². The summed E-state index contributed by atoms with van der Waals surface area (Å²) in [6.07, 6.45) is 16.7. The molecule has 1 aromatic carbocycles. The maximum absolute atomic E-state index is 13.9. The number of unbranched alkanes of at least 4 members (excludes halogenated alkanes) is 1. The standard InChI is InChI=1S/C22H28F2/c1-2-3-5-16-8-10-17(11-9-16)18-12-14-19(15-13-18)20-6-4-7-21(23)22(20)24/h4,6-7,12,14-18H,2-3,5,8-11,13H2,1H3/t16-,17-,18?. The predicted molar refractivity (Wildman–Crippen MR) is 96.6 cm³/mol. The minimum Gasteiger partial charge on any atom is -0.204 e. The van der Waals surface area contributed by atoms with Crippen molar-refractivity contribution < 1.29 is 8.78 Å². The molecule has 1 fully saturated rings. The average molecular weight is 330 g/mol. The van der Waals surface area contributed by atoms with Crippen molar-refractivity contribution in [3.05, 3.63) is 53.6 Å². The Morgan fingerprint density at radius 3 is 2.54 bits per heavy atom. The second-order valence-corrected chi connectivity index (χ2v) is 7.44. The Kier molecular flexibility index (Phi) is 5.86. The molecule has 0 aliphatic heterocycles. The SMILES string of the molecule is CCCC[C@H]1CC[C@H](C2C=CC(c3cccc(F)c3F)=CC2)CC1. The first-order chi connectivity index (χ1) is 11.7. The maximum atomic E-state index is 13.9. The van der Waals surface area contributed by atoms with Crippen LogP contribution in [0.15, 0.2) is 36.4 Å². The fourth-order valence-corrected chi connectivity index (χ4v) is 4.31. The van der Waals surface area contributed by atoms with Gasteiger partial charge in [-0.05, 0) is 48.7 Å². The maximum Gasteiger partial charge on any atom is 0.166 e. The van der Waals surface area contributed by atoms with Crippen LogP contribution in [0.5, 0.6) is 0 Å². The van der Waals surface area contributed by atoms with Crippen LogP contribution in [0.3, 0.4) is 0 Å². The smallest absolute Gasteiger partial charge is 0.166 e. The molecule has 1 aromatic rings. The molecular formula is C22H28F2. The van der Waals surface area contributed by atoms with E-state index in [1.54, 1.807) is 12.1 Å². The zero-order valence-electron chi connectivity index (χ0n) is 14.6. The van der Waals surface area contributed by atoms with Crippen LogP contribution in [0.2, 0.25) is 0 Å². The van der Waals surface area contributed by atoms with Gasteiger partial charge in [-0.2, -0.15) is 0 Å². The molecule has 1 atom stereocenters. The minimum absolute atomic E-state index is 0.382. The third kappa shape index (κ3) is 3.96. The van der Waals surface area contributed by atoms with E-state index < -0.39 is 11.6 Å². The summed E-state index contributed by atoms with van der Waals surface area (Å²) in [6, 6.07) is 4.41. The van der Waals surface area contributed by atoms with E-state index in [4.69, 9.17) is 0 Å². The first-order valence-corrected chi connectivity index (χ1v) is 9.51. The quantitative estimate of drug-likeness (QED) is 0.549. The van der Waals surface area contributed by atoms with Gasteiger partial charge >= 0.3 is 0 Å². The Labute approximate surface area is 144 Å². The van der Waals surface area contributed by atoms with Crippen LogP contribution in [0.25, 0.3) is 5.57 Å². The van der Waals surface area contributed by atoms with E-state index in [1.165, 1.54) is 51.0 Å². The number of benzene rings is 1. The fraction of sp³-hybridized carbons (Fsp3) is 0.545. The van der Waals surface area contributed by atoms with Crippen LogP contribution in [-0.4, -0.2) is 0 Å². The lowest BCUT2D eigenvalue weighted by Gasteiger charge is -2.33. The lowest BCUT2D eigenvalue weighted by molar-refractivity contribution is 0.219. The summed E-state index contributed by atoms with van der Waals surface area (Å²) in [5.41, 5.74) is 1.20. The van der Waals surface area contributed by atoms with E-state index in [0.717, 1.165) is 23.8 Å². The summed E-state index contributed by atoms with van der Waals surface area (Å²) in [5.74, 6) is 0.755. The molecule has 0 aromatic heterocycles. The third-order valence-electron chi connectivity index (χ3n) is 5.86.